The molecule has 0 atom stereocenters. The first-order chi connectivity index (χ1) is 8.81. The van der Waals surface area contributed by atoms with E-state index in [1.54, 1.807) is 18.2 Å². The smallest absolute Gasteiger partial charge is 0.123 e. The van der Waals surface area contributed by atoms with Gasteiger partial charge in [0.15, 0.2) is 0 Å². The molecule has 0 amide bonds. The van der Waals surface area contributed by atoms with E-state index in [0.717, 1.165) is 13.2 Å². The molecule has 18 heavy (non-hydrogen) atoms. The zero-order valence-corrected chi connectivity index (χ0v) is 11.8. The van der Waals surface area contributed by atoms with Crippen molar-refractivity contribution in [1.29, 1.82) is 0 Å². The Morgan fingerprint density at radius 3 is 1.67 bits per heavy atom. The number of rotatable bonds is 8. The van der Waals surface area contributed by atoms with Crippen LogP contribution < -0.4 is 0 Å². The minimum absolute atomic E-state index is 0.178. The molecule has 0 fully saturated rings. The lowest BCUT2D eigenvalue weighted by Gasteiger charge is -2.01. The summed E-state index contributed by atoms with van der Waals surface area (Å²) < 4.78 is 17.3. The lowest BCUT2D eigenvalue weighted by molar-refractivity contribution is 0.126. The second-order valence-corrected chi connectivity index (χ2v) is 4.32. The highest BCUT2D eigenvalue weighted by molar-refractivity contribution is 5.02. The maximum absolute atomic E-state index is 11.9. The first kappa shape index (κ1) is 17.1. The summed E-state index contributed by atoms with van der Waals surface area (Å²) in [6.45, 7) is 6.38. The Balaban J connectivity index is 0.000000351. The highest BCUT2D eigenvalue weighted by atomic mass is 19.1. The average Bonchev–Trinajstić information content (AvgIpc) is 2.39. The Bertz CT molecular complexity index is 241. The summed E-state index contributed by atoms with van der Waals surface area (Å²) in [5.74, 6) is -0.178. The van der Waals surface area contributed by atoms with Crippen LogP contribution in [0.25, 0.3) is 0 Å². The third-order valence-electron chi connectivity index (χ3n) is 2.52. The summed E-state index contributed by atoms with van der Waals surface area (Å²) >= 11 is 0. The van der Waals surface area contributed by atoms with Gasteiger partial charge in [0.2, 0.25) is 0 Å². The Hall–Kier alpha value is -0.890. The van der Waals surface area contributed by atoms with Crippen LogP contribution in [0, 0.1) is 5.82 Å². The number of halogens is 1. The molecular weight excluding hydrogens is 227 g/mol. The van der Waals surface area contributed by atoms with Crippen LogP contribution in [0.3, 0.4) is 0 Å². The maximum Gasteiger partial charge on any atom is 0.123 e. The highest BCUT2D eigenvalue weighted by Crippen LogP contribution is 1.97. The lowest BCUT2D eigenvalue weighted by atomic mass is 10.2. The summed E-state index contributed by atoms with van der Waals surface area (Å²) in [5.41, 5.74) is 0. The van der Waals surface area contributed by atoms with Gasteiger partial charge in [0.1, 0.15) is 5.82 Å². The van der Waals surface area contributed by atoms with E-state index in [1.807, 2.05) is 0 Å². The molecule has 2 heteroatoms. The zero-order valence-electron chi connectivity index (χ0n) is 11.8. The van der Waals surface area contributed by atoms with Crippen molar-refractivity contribution in [2.45, 2.75) is 52.4 Å². The van der Waals surface area contributed by atoms with Gasteiger partial charge >= 0.3 is 0 Å². The SMILES string of the molecule is CCCCCOCCCCC.Fc1ccccc1. The number of benzene rings is 1. The van der Waals surface area contributed by atoms with Gasteiger partial charge in [-0.2, -0.15) is 0 Å². The van der Waals surface area contributed by atoms with Gasteiger partial charge in [-0.05, 0) is 25.0 Å². The van der Waals surface area contributed by atoms with Crippen LogP contribution in [-0.2, 0) is 4.74 Å². The van der Waals surface area contributed by atoms with Crippen molar-refractivity contribution in [3.05, 3.63) is 36.1 Å². The fourth-order valence-electron chi connectivity index (χ4n) is 1.42. The molecule has 0 N–H and O–H groups in total. The molecule has 0 spiro atoms. The molecule has 0 heterocycles. The second-order valence-electron chi connectivity index (χ2n) is 4.32. The second kappa shape index (κ2) is 14.2. The van der Waals surface area contributed by atoms with E-state index in [2.05, 4.69) is 13.8 Å². The van der Waals surface area contributed by atoms with Crippen LogP contribution >= 0.6 is 0 Å². The molecule has 1 nitrogen and oxygen atoms in total. The molecule has 0 saturated heterocycles. The van der Waals surface area contributed by atoms with E-state index in [9.17, 15) is 4.39 Å². The van der Waals surface area contributed by atoms with Crippen LogP contribution in [-0.4, -0.2) is 13.2 Å². The van der Waals surface area contributed by atoms with Gasteiger partial charge in [0, 0.05) is 13.2 Å². The van der Waals surface area contributed by atoms with Crippen LogP contribution in [0.1, 0.15) is 52.4 Å². The predicted molar refractivity (Wildman–Crippen MR) is 76.3 cm³/mol. The number of hydrogen-bond donors (Lipinski definition) is 0. The largest absolute Gasteiger partial charge is 0.381 e. The van der Waals surface area contributed by atoms with Gasteiger partial charge in [-0.15, -0.1) is 0 Å². The van der Waals surface area contributed by atoms with Crippen molar-refractivity contribution in [3.8, 4) is 0 Å². The van der Waals surface area contributed by atoms with E-state index >= 15 is 0 Å². The van der Waals surface area contributed by atoms with Gasteiger partial charge in [-0.1, -0.05) is 57.7 Å². The molecule has 0 radical (unpaired) electrons. The molecule has 104 valence electrons. The fraction of sp³-hybridized carbons (Fsp3) is 0.625. The summed E-state index contributed by atoms with van der Waals surface area (Å²) in [4.78, 5) is 0. The van der Waals surface area contributed by atoms with E-state index in [1.165, 1.54) is 50.7 Å². The van der Waals surface area contributed by atoms with Crippen LogP contribution in [0.2, 0.25) is 0 Å². The lowest BCUT2D eigenvalue weighted by Crippen LogP contribution is -1.96. The van der Waals surface area contributed by atoms with Crippen molar-refractivity contribution < 1.29 is 9.13 Å². The average molecular weight is 254 g/mol. The molecule has 1 aromatic rings. The van der Waals surface area contributed by atoms with Crippen molar-refractivity contribution >= 4 is 0 Å². The zero-order chi connectivity index (χ0) is 13.5. The summed E-state index contributed by atoms with van der Waals surface area (Å²) in [5, 5.41) is 0. The van der Waals surface area contributed by atoms with E-state index in [4.69, 9.17) is 4.74 Å². The van der Waals surface area contributed by atoms with Crippen molar-refractivity contribution in [3.63, 3.8) is 0 Å². The van der Waals surface area contributed by atoms with Gasteiger partial charge < -0.3 is 4.74 Å². The van der Waals surface area contributed by atoms with Gasteiger partial charge in [0.05, 0.1) is 0 Å². The molecule has 0 aliphatic rings. The monoisotopic (exact) mass is 254 g/mol. The van der Waals surface area contributed by atoms with Crippen molar-refractivity contribution in [2.75, 3.05) is 13.2 Å². The molecule has 1 rings (SSSR count). The topological polar surface area (TPSA) is 9.23 Å². The minimum Gasteiger partial charge on any atom is -0.381 e. The normalized spacial score (nSPS) is 9.72. The predicted octanol–water partition coefficient (Wildman–Crippen LogP) is 5.21. The quantitative estimate of drug-likeness (QED) is 0.579. The van der Waals surface area contributed by atoms with Gasteiger partial charge in [0.25, 0.3) is 0 Å². The third-order valence-corrected chi connectivity index (χ3v) is 2.52. The first-order valence-corrected chi connectivity index (χ1v) is 7.09. The molecule has 0 aliphatic heterocycles. The highest BCUT2D eigenvalue weighted by Gasteiger charge is 1.88. The number of ether oxygens (including phenoxy) is 1. The standard InChI is InChI=1S/C10H22O.C6H5F/c1-3-5-7-9-11-10-8-6-4-2;7-6-4-2-1-3-5-6/h3-10H2,1-2H3;1-5H. The fourth-order valence-corrected chi connectivity index (χ4v) is 1.42. The minimum atomic E-state index is -0.178. The van der Waals surface area contributed by atoms with Crippen molar-refractivity contribution in [1.82, 2.24) is 0 Å². The van der Waals surface area contributed by atoms with Crippen molar-refractivity contribution in [2.24, 2.45) is 0 Å². The van der Waals surface area contributed by atoms with Crippen LogP contribution in [0.4, 0.5) is 4.39 Å². The maximum atomic E-state index is 11.9. The Morgan fingerprint density at radius 2 is 1.33 bits per heavy atom. The summed E-state index contributed by atoms with van der Waals surface area (Å²) in [6, 6.07) is 7.94. The van der Waals surface area contributed by atoms with Gasteiger partial charge in [-0.25, -0.2) is 4.39 Å². The van der Waals surface area contributed by atoms with E-state index in [-0.39, 0.29) is 5.82 Å². The molecule has 0 bridgehead atoms. The Morgan fingerprint density at radius 1 is 0.833 bits per heavy atom. The molecule has 0 saturated carbocycles. The number of unbranched alkanes of at least 4 members (excludes halogenated alkanes) is 4. The first-order valence-electron chi connectivity index (χ1n) is 7.09. The summed E-state index contributed by atoms with van der Waals surface area (Å²) in [6.07, 6.45) is 7.68. The number of hydrogen-bond acceptors (Lipinski definition) is 1. The van der Waals surface area contributed by atoms with Gasteiger partial charge in [-0.3, -0.25) is 0 Å². The van der Waals surface area contributed by atoms with E-state index < -0.39 is 0 Å². The molecule has 0 aliphatic carbocycles. The van der Waals surface area contributed by atoms with Crippen LogP contribution in [0.15, 0.2) is 30.3 Å². The molecule has 0 aromatic heterocycles. The Labute approximate surface area is 111 Å². The third kappa shape index (κ3) is 13.2. The Kier molecular flexibility index (Phi) is 13.5. The molecule has 1 aromatic carbocycles. The summed E-state index contributed by atoms with van der Waals surface area (Å²) in [7, 11) is 0. The van der Waals surface area contributed by atoms with Crippen LogP contribution in [0.5, 0.6) is 0 Å². The molecule has 0 unspecified atom stereocenters. The molecular formula is C16H27FO. The van der Waals surface area contributed by atoms with E-state index in [0.29, 0.717) is 0 Å².